The van der Waals surface area contributed by atoms with Crippen LogP contribution in [0.1, 0.15) is 12.0 Å². The maximum Gasteiger partial charge on any atom is 0.229 e. The highest BCUT2D eigenvalue weighted by molar-refractivity contribution is 6.34. The van der Waals surface area contributed by atoms with Crippen molar-refractivity contribution in [2.75, 3.05) is 11.4 Å². The number of carbonyl (C=O) groups excluding carboxylic acids is 1. The van der Waals surface area contributed by atoms with Gasteiger partial charge in [-0.15, -0.1) is 0 Å². The Morgan fingerprint density at radius 3 is 2.81 bits per heavy atom. The quantitative estimate of drug-likeness (QED) is 0.810. The number of nitrogens with zero attached hydrogens (tertiary/aromatic N) is 1. The Bertz CT molecular complexity index is 422. The molecule has 1 saturated heterocycles. The summed E-state index contributed by atoms with van der Waals surface area (Å²) >= 11 is 6.01. The minimum atomic E-state index is -0.657. The first-order valence-electron chi connectivity index (χ1n) is 5.00. The van der Waals surface area contributed by atoms with Crippen molar-refractivity contribution < 1.29 is 15.0 Å². The summed E-state index contributed by atoms with van der Waals surface area (Å²) in [5, 5.41) is 19.0. The number of hydrogen-bond acceptors (Lipinski definition) is 3. The van der Waals surface area contributed by atoms with Crippen LogP contribution in [0.15, 0.2) is 18.2 Å². The van der Waals surface area contributed by atoms with E-state index in [4.69, 9.17) is 11.6 Å². The molecule has 0 radical (unpaired) electrons. The molecule has 1 aromatic carbocycles. The van der Waals surface area contributed by atoms with Gasteiger partial charge in [-0.05, 0) is 6.07 Å². The van der Waals surface area contributed by atoms with Crippen LogP contribution in [0.3, 0.4) is 0 Å². The molecule has 0 bridgehead atoms. The largest absolute Gasteiger partial charge is 0.392 e. The van der Waals surface area contributed by atoms with E-state index in [1.807, 2.05) is 0 Å². The predicted octanol–water partition coefficient (Wildman–Crippen LogP) is 0.930. The van der Waals surface area contributed by atoms with E-state index in [9.17, 15) is 15.0 Å². The van der Waals surface area contributed by atoms with Crippen LogP contribution >= 0.6 is 11.6 Å². The van der Waals surface area contributed by atoms with E-state index in [0.29, 0.717) is 16.3 Å². The van der Waals surface area contributed by atoms with Crippen molar-refractivity contribution in [3.63, 3.8) is 0 Å². The van der Waals surface area contributed by atoms with E-state index in [1.54, 1.807) is 18.2 Å². The molecule has 1 aliphatic heterocycles. The van der Waals surface area contributed by atoms with Gasteiger partial charge in [-0.1, -0.05) is 23.7 Å². The normalized spacial score (nSPS) is 20.6. The predicted molar refractivity (Wildman–Crippen MR) is 60.4 cm³/mol. The van der Waals surface area contributed by atoms with Gasteiger partial charge in [-0.2, -0.15) is 0 Å². The Labute approximate surface area is 98.1 Å². The summed E-state index contributed by atoms with van der Waals surface area (Å²) in [5.41, 5.74) is 1.10. The summed E-state index contributed by atoms with van der Waals surface area (Å²) in [7, 11) is 0. The molecule has 86 valence electrons. The van der Waals surface area contributed by atoms with Gasteiger partial charge in [0, 0.05) is 5.56 Å². The molecule has 2 N–H and O–H groups in total. The fourth-order valence-corrected chi connectivity index (χ4v) is 2.19. The molecule has 1 amide bonds. The van der Waals surface area contributed by atoms with E-state index < -0.39 is 6.10 Å². The van der Waals surface area contributed by atoms with Gasteiger partial charge in [0.15, 0.2) is 0 Å². The Hall–Kier alpha value is -1.10. The third-order valence-corrected chi connectivity index (χ3v) is 2.92. The van der Waals surface area contributed by atoms with Crippen LogP contribution in [0.4, 0.5) is 5.69 Å². The molecule has 5 heteroatoms. The van der Waals surface area contributed by atoms with Gasteiger partial charge in [-0.25, -0.2) is 0 Å². The molecule has 2 rings (SSSR count). The van der Waals surface area contributed by atoms with Crippen molar-refractivity contribution in [3.8, 4) is 0 Å². The molecule has 1 aliphatic rings. The molecule has 1 aromatic rings. The lowest BCUT2D eigenvalue weighted by molar-refractivity contribution is -0.117. The van der Waals surface area contributed by atoms with E-state index in [2.05, 4.69) is 0 Å². The first kappa shape index (κ1) is 11.4. The van der Waals surface area contributed by atoms with Gasteiger partial charge in [0.1, 0.15) is 0 Å². The fraction of sp³-hybridized carbons (Fsp3) is 0.364. The standard InChI is InChI=1S/C11H12ClNO3/c12-9-3-1-2-7(6-14)11(9)13-5-8(15)4-10(13)16/h1-3,8,14-15H,4-6H2. The molecule has 0 spiro atoms. The minimum absolute atomic E-state index is 0.107. The summed E-state index contributed by atoms with van der Waals surface area (Å²) in [6.07, 6.45) is -0.550. The molecule has 0 saturated carbocycles. The number of hydrogen-bond donors (Lipinski definition) is 2. The molecule has 1 heterocycles. The molecule has 1 fully saturated rings. The number of rotatable bonds is 2. The maximum absolute atomic E-state index is 11.6. The fourth-order valence-electron chi connectivity index (χ4n) is 1.89. The van der Waals surface area contributed by atoms with Crippen molar-refractivity contribution in [2.45, 2.75) is 19.1 Å². The van der Waals surface area contributed by atoms with Crippen LogP contribution < -0.4 is 4.90 Å². The third-order valence-electron chi connectivity index (χ3n) is 2.62. The highest BCUT2D eigenvalue weighted by Crippen LogP contribution is 2.32. The highest BCUT2D eigenvalue weighted by atomic mass is 35.5. The molecule has 1 atom stereocenters. The molecular formula is C11H12ClNO3. The summed E-state index contributed by atoms with van der Waals surface area (Å²) in [5.74, 6) is -0.171. The van der Waals surface area contributed by atoms with E-state index in [1.165, 1.54) is 4.90 Å². The van der Waals surface area contributed by atoms with Gasteiger partial charge in [-0.3, -0.25) is 4.79 Å². The van der Waals surface area contributed by atoms with Crippen LogP contribution in [0.2, 0.25) is 5.02 Å². The van der Waals surface area contributed by atoms with Crippen LogP contribution in [0.5, 0.6) is 0 Å². The summed E-state index contributed by atoms with van der Waals surface area (Å²) < 4.78 is 0. The van der Waals surface area contributed by atoms with Crippen LogP contribution in [-0.2, 0) is 11.4 Å². The molecule has 1 unspecified atom stereocenters. The molecule has 16 heavy (non-hydrogen) atoms. The van der Waals surface area contributed by atoms with Gasteiger partial charge < -0.3 is 15.1 Å². The molecule has 0 aliphatic carbocycles. The third kappa shape index (κ3) is 1.91. The number of amides is 1. The van der Waals surface area contributed by atoms with Gasteiger partial charge in [0.05, 0.1) is 36.4 Å². The number of carbonyl (C=O) groups is 1. The summed E-state index contributed by atoms with van der Waals surface area (Å²) in [6.45, 7) is 0.0470. The second-order valence-electron chi connectivity index (χ2n) is 3.77. The number of β-amino-alcohol motifs (C(OH)–C–C–N with tert-alkyl or cyclic N) is 1. The Balaban J connectivity index is 2.43. The SMILES string of the molecule is O=C1CC(O)CN1c1c(Cl)cccc1CO. The lowest BCUT2D eigenvalue weighted by atomic mass is 10.1. The molecule has 0 aromatic heterocycles. The Morgan fingerprint density at radius 1 is 1.50 bits per heavy atom. The van der Waals surface area contributed by atoms with Crippen LogP contribution in [0, 0.1) is 0 Å². The summed E-state index contributed by atoms with van der Waals surface area (Å²) in [6, 6.07) is 5.08. The number of aliphatic hydroxyl groups is 2. The van der Waals surface area contributed by atoms with Gasteiger partial charge >= 0.3 is 0 Å². The monoisotopic (exact) mass is 241 g/mol. The van der Waals surface area contributed by atoms with Crippen LogP contribution in [0.25, 0.3) is 0 Å². The van der Waals surface area contributed by atoms with Crippen molar-refractivity contribution in [1.82, 2.24) is 0 Å². The highest BCUT2D eigenvalue weighted by Gasteiger charge is 2.31. The molecular weight excluding hydrogens is 230 g/mol. The first-order chi connectivity index (χ1) is 7.63. The van der Waals surface area contributed by atoms with Crippen molar-refractivity contribution in [2.24, 2.45) is 0 Å². The average molecular weight is 242 g/mol. The minimum Gasteiger partial charge on any atom is -0.392 e. The summed E-state index contributed by atoms with van der Waals surface area (Å²) in [4.78, 5) is 13.1. The van der Waals surface area contributed by atoms with Crippen molar-refractivity contribution in [3.05, 3.63) is 28.8 Å². The average Bonchev–Trinajstić information content (AvgIpc) is 2.57. The lowest BCUT2D eigenvalue weighted by Gasteiger charge is -2.20. The van der Waals surface area contributed by atoms with Gasteiger partial charge in [0.25, 0.3) is 0 Å². The van der Waals surface area contributed by atoms with Crippen molar-refractivity contribution >= 4 is 23.2 Å². The number of benzene rings is 1. The Kier molecular flexibility index (Phi) is 3.14. The molecule has 4 nitrogen and oxygen atoms in total. The number of aliphatic hydroxyl groups excluding tert-OH is 2. The lowest BCUT2D eigenvalue weighted by Crippen LogP contribution is -2.26. The second-order valence-corrected chi connectivity index (χ2v) is 4.18. The smallest absolute Gasteiger partial charge is 0.229 e. The number of anilines is 1. The zero-order valence-corrected chi connectivity index (χ0v) is 9.31. The zero-order valence-electron chi connectivity index (χ0n) is 8.56. The second kappa shape index (κ2) is 4.41. The Morgan fingerprint density at radius 2 is 2.25 bits per heavy atom. The van der Waals surface area contributed by atoms with Gasteiger partial charge in [0.2, 0.25) is 5.91 Å². The van der Waals surface area contributed by atoms with Crippen molar-refractivity contribution in [1.29, 1.82) is 0 Å². The van der Waals surface area contributed by atoms with E-state index >= 15 is 0 Å². The van der Waals surface area contributed by atoms with Crippen LogP contribution in [-0.4, -0.2) is 28.8 Å². The topological polar surface area (TPSA) is 60.8 Å². The maximum atomic E-state index is 11.6. The van der Waals surface area contributed by atoms with E-state index in [-0.39, 0.29) is 25.5 Å². The first-order valence-corrected chi connectivity index (χ1v) is 5.38. The van der Waals surface area contributed by atoms with E-state index in [0.717, 1.165) is 0 Å². The number of para-hydroxylation sites is 1. The number of halogens is 1. The zero-order chi connectivity index (χ0) is 11.7.